The van der Waals surface area contributed by atoms with Gasteiger partial charge in [-0.25, -0.2) is 9.59 Å². The molecule has 2 heterocycles. The number of nitrogens with zero attached hydrogens (tertiary/aromatic N) is 3. The van der Waals surface area contributed by atoms with E-state index in [9.17, 15) is 24.3 Å². The van der Waals surface area contributed by atoms with E-state index >= 15 is 0 Å². The van der Waals surface area contributed by atoms with Crippen molar-refractivity contribution < 1.29 is 38.9 Å². The number of likely N-dealkylation sites (tertiary alicyclic amines) is 1. The normalized spacial score (nSPS) is 23.5. The van der Waals surface area contributed by atoms with Crippen LogP contribution in [-0.4, -0.2) is 98.3 Å². The van der Waals surface area contributed by atoms with Crippen LogP contribution in [0.15, 0.2) is 18.2 Å². The standard InChI is InChI=1S/C33H47N3O8/c1-20(2)35(19-21-10-14-34(15-11-21)31(42)44-32(3,4)5)22-16-24(17-22)43-23-6-7-26-25(18-23)29(39)36(33(26)12-13-33)27(30(40)41)8-9-28(37)38/h6-7,18,20-22,24,27H,8-17,19H2,1-5H3,(H,37,38)(H,40,41)/t22-,24-,27?. The molecule has 1 saturated heterocycles. The molecule has 0 bridgehead atoms. The number of fused-ring (bicyclic) bond motifs is 2. The van der Waals surface area contributed by atoms with E-state index in [0.29, 0.717) is 55.2 Å². The molecule has 0 aromatic heterocycles. The Morgan fingerprint density at radius 2 is 1.75 bits per heavy atom. The number of benzene rings is 1. The van der Waals surface area contributed by atoms with Crippen LogP contribution in [-0.2, 0) is 19.9 Å². The SMILES string of the molecule is CC(C)N(CC1CCN(C(=O)OC(C)(C)C)CC1)[C@H]1C[C@H](Oc2ccc3c(c2)C(=O)N(C(CCC(=O)O)C(=O)O)C32CC2)C1. The molecule has 1 atom stereocenters. The minimum atomic E-state index is -1.18. The molecular weight excluding hydrogens is 566 g/mol. The van der Waals surface area contributed by atoms with E-state index in [1.165, 1.54) is 4.90 Å². The van der Waals surface area contributed by atoms with Gasteiger partial charge in [0.1, 0.15) is 23.5 Å². The number of piperidine rings is 1. The number of carboxylic acid groups (broad SMARTS) is 2. The van der Waals surface area contributed by atoms with Crippen molar-refractivity contribution in [2.45, 2.75) is 121 Å². The molecule has 2 aliphatic heterocycles. The molecule has 44 heavy (non-hydrogen) atoms. The first-order chi connectivity index (χ1) is 20.7. The number of amides is 2. The number of hydrogen-bond donors (Lipinski definition) is 2. The van der Waals surface area contributed by atoms with Crippen LogP contribution < -0.4 is 4.74 Å². The fourth-order valence-corrected chi connectivity index (χ4v) is 7.13. The van der Waals surface area contributed by atoms with Gasteiger partial charge in [0.25, 0.3) is 5.91 Å². The molecule has 2 saturated carbocycles. The molecule has 2 aliphatic carbocycles. The molecule has 5 rings (SSSR count). The minimum absolute atomic E-state index is 0.0261. The van der Waals surface area contributed by atoms with Gasteiger partial charge in [0.15, 0.2) is 0 Å². The number of carbonyl (C=O) groups is 4. The Labute approximate surface area is 259 Å². The molecule has 3 fully saturated rings. The van der Waals surface area contributed by atoms with Gasteiger partial charge in [-0.2, -0.15) is 0 Å². The summed E-state index contributed by atoms with van der Waals surface area (Å²) in [7, 11) is 0. The lowest BCUT2D eigenvalue weighted by molar-refractivity contribution is -0.144. The van der Waals surface area contributed by atoms with Crippen molar-refractivity contribution in [1.82, 2.24) is 14.7 Å². The molecule has 11 heteroatoms. The maximum atomic E-state index is 13.5. The molecular formula is C33H47N3O8. The van der Waals surface area contributed by atoms with Crippen molar-refractivity contribution in [3.63, 3.8) is 0 Å². The van der Waals surface area contributed by atoms with Gasteiger partial charge in [-0.3, -0.25) is 14.5 Å². The van der Waals surface area contributed by atoms with Crippen LogP contribution >= 0.6 is 0 Å². The van der Waals surface area contributed by atoms with Crippen LogP contribution in [0.5, 0.6) is 5.75 Å². The second-order valence-electron chi connectivity index (χ2n) is 14.3. The lowest BCUT2D eigenvalue weighted by Gasteiger charge is -2.46. The summed E-state index contributed by atoms with van der Waals surface area (Å²) in [5.41, 5.74) is 0.118. The fourth-order valence-electron chi connectivity index (χ4n) is 7.13. The third-order valence-corrected chi connectivity index (χ3v) is 9.59. The Bertz CT molecular complexity index is 1270. The molecule has 1 aromatic rings. The minimum Gasteiger partial charge on any atom is -0.490 e. The summed E-state index contributed by atoms with van der Waals surface area (Å²) in [4.78, 5) is 55.0. The zero-order valence-corrected chi connectivity index (χ0v) is 26.6. The highest BCUT2D eigenvalue weighted by atomic mass is 16.6. The number of aliphatic carboxylic acids is 2. The Hall–Kier alpha value is -3.34. The Kier molecular flexibility index (Phi) is 8.90. The van der Waals surface area contributed by atoms with E-state index in [1.807, 2.05) is 37.8 Å². The molecule has 2 N–H and O–H groups in total. The van der Waals surface area contributed by atoms with Crippen molar-refractivity contribution in [1.29, 1.82) is 0 Å². The van der Waals surface area contributed by atoms with Crippen LogP contribution in [0.4, 0.5) is 4.79 Å². The molecule has 1 unspecified atom stereocenters. The largest absolute Gasteiger partial charge is 0.490 e. The van der Waals surface area contributed by atoms with E-state index in [0.717, 1.165) is 37.8 Å². The lowest BCUT2D eigenvalue weighted by Crippen LogP contribution is -2.54. The topological polar surface area (TPSA) is 137 Å². The highest BCUT2D eigenvalue weighted by molar-refractivity contribution is 6.03. The second kappa shape index (κ2) is 12.2. The molecule has 242 valence electrons. The Balaban J connectivity index is 1.16. The highest BCUT2D eigenvalue weighted by Gasteiger charge is 2.61. The van der Waals surface area contributed by atoms with Crippen LogP contribution in [0.25, 0.3) is 0 Å². The number of rotatable bonds is 11. The number of carbonyl (C=O) groups excluding carboxylic acids is 2. The summed E-state index contributed by atoms with van der Waals surface area (Å²) in [6.45, 7) is 12.5. The fraction of sp³-hybridized carbons (Fsp3) is 0.697. The zero-order chi connectivity index (χ0) is 32.0. The quantitative estimate of drug-likeness (QED) is 0.363. The first kappa shape index (κ1) is 32.1. The van der Waals surface area contributed by atoms with E-state index < -0.39 is 29.1 Å². The first-order valence-electron chi connectivity index (χ1n) is 16.0. The molecule has 0 radical (unpaired) electrons. The van der Waals surface area contributed by atoms with Crippen molar-refractivity contribution >= 4 is 23.9 Å². The summed E-state index contributed by atoms with van der Waals surface area (Å²) in [5, 5.41) is 19.0. The third kappa shape index (κ3) is 6.67. The Morgan fingerprint density at radius 1 is 1.09 bits per heavy atom. The molecule has 4 aliphatic rings. The van der Waals surface area contributed by atoms with E-state index in [4.69, 9.17) is 14.6 Å². The Morgan fingerprint density at radius 3 is 2.30 bits per heavy atom. The molecule has 11 nitrogen and oxygen atoms in total. The maximum absolute atomic E-state index is 13.5. The smallest absolute Gasteiger partial charge is 0.410 e. The van der Waals surface area contributed by atoms with E-state index in [2.05, 4.69) is 18.7 Å². The predicted octanol–water partition coefficient (Wildman–Crippen LogP) is 4.72. The zero-order valence-electron chi connectivity index (χ0n) is 26.6. The maximum Gasteiger partial charge on any atom is 0.410 e. The van der Waals surface area contributed by atoms with Crippen molar-refractivity contribution in [3.8, 4) is 5.75 Å². The van der Waals surface area contributed by atoms with Crippen LogP contribution in [0.1, 0.15) is 102 Å². The molecule has 1 spiro atoms. The second-order valence-corrected chi connectivity index (χ2v) is 14.3. The average Bonchev–Trinajstić information content (AvgIpc) is 3.67. The third-order valence-electron chi connectivity index (χ3n) is 9.59. The van der Waals surface area contributed by atoms with Gasteiger partial charge in [-0.05, 0) is 90.3 Å². The summed E-state index contributed by atoms with van der Waals surface area (Å²) < 4.78 is 11.9. The molecule has 1 aromatic carbocycles. The van der Waals surface area contributed by atoms with Gasteiger partial charge in [-0.15, -0.1) is 0 Å². The highest BCUT2D eigenvalue weighted by Crippen LogP contribution is 2.58. The summed E-state index contributed by atoms with van der Waals surface area (Å²) >= 11 is 0. The summed E-state index contributed by atoms with van der Waals surface area (Å²) in [6, 6.07) is 5.08. The van der Waals surface area contributed by atoms with Gasteiger partial charge in [0.2, 0.25) is 0 Å². The monoisotopic (exact) mass is 613 g/mol. The van der Waals surface area contributed by atoms with Gasteiger partial charge >= 0.3 is 18.0 Å². The first-order valence-corrected chi connectivity index (χ1v) is 16.0. The van der Waals surface area contributed by atoms with Gasteiger partial charge in [0.05, 0.1) is 5.54 Å². The number of carboxylic acids is 2. The molecule has 2 amide bonds. The van der Waals surface area contributed by atoms with Crippen LogP contribution in [0.3, 0.4) is 0 Å². The van der Waals surface area contributed by atoms with E-state index in [-0.39, 0.29) is 30.9 Å². The summed E-state index contributed by atoms with van der Waals surface area (Å²) in [6.07, 6.45) is 4.35. The van der Waals surface area contributed by atoms with Crippen LogP contribution in [0.2, 0.25) is 0 Å². The van der Waals surface area contributed by atoms with Crippen molar-refractivity contribution in [2.75, 3.05) is 19.6 Å². The van der Waals surface area contributed by atoms with Gasteiger partial charge in [-0.1, -0.05) is 6.07 Å². The van der Waals surface area contributed by atoms with Crippen LogP contribution in [0, 0.1) is 5.92 Å². The van der Waals surface area contributed by atoms with Gasteiger partial charge in [0, 0.05) is 56.5 Å². The lowest BCUT2D eigenvalue weighted by atomic mass is 9.85. The average molecular weight is 614 g/mol. The summed E-state index contributed by atoms with van der Waals surface area (Å²) in [5.74, 6) is -1.52. The predicted molar refractivity (Wildman–Crippen MR) is 162 cm³/mol. The number of ether oxygens (including phenoxy) is 2. The van der Waals surface area contributed by atoms with Crippen molar-refractivity contribution in [2.24, 2.45) is 5.92 Å². The van der Waals surface area contributed by atoms with Crippen molar-refractivity contribution in [3.05, 3.63) is 29.3 Å². The van der Waals surface area contributed by atoms with E-state index in [1.54, 1.807) is 6.07 Å². The number of hydrogen-bond acceptors (Lipinski definition) is 7. The van der Waals surface area contributed by atoms with Gasteiger partial charge < -0.3 is 29.5 Å².